The van der Waals surface area contributed by atoms with Crippen LogP contribution in [-0.4, -0.2) is 80.4 Å². The number of aliphatic hydroxyl groups is 3. The molecular formula is C47H67FO9. The lowest BCUT2D eigenvalue weighted by molar-refractivity contribution is -0.256. The molecular weight excluding hydrogens is 728 g/mol. The van der Waals surface area contributed by atoms with Gasteiger partial charge >= 0.3 is 0 Å². The molecule has 9 rings (SSSR count). The van der Waals surface area contributed by atoms with Crippen molar-refractivity contribution in [3.63, 3.8) is 0 Å². The largest absolute Gasteiger partial charge is 0.393 e. The van der Waals surface area contributed by atoms with Gasteiger partial charge in [0.25, 0.3) is 0 Å². The number of carbonyl (C=O) groups is 4. The molecule has 1 aliphatic heterocycles. The lowest BCUT2D eigenvalue weighted by Crippen LogP contribution is -2.70. The lowest BCUT2D eigenvalue weighted by Gasteiger charge is -2.62. The number of hydrogen-bond acceptors (Lipinski definition) is 9. The SMILES string of the molecule is CC(=O)[C@H]1CC[C@H]2[C@@H]3CC[C@H]4C[C@H](O)CC[C@]4(C)[C@H]3C(=O)C[C@]12C.CCC1(CC)O[C@@H]2C[C@H]3[C@@H]4CCC5=CC(=O)C=C[C@]5(C)[C@@]4(F)[C@@H](O)C[C@]3(C)[C@]2(C(=O)CO)O1. The number of aliphatic hydroxyl groups excluding tert-OH is 3. The molecule has 0 amide bonds. The minimum Gasteiger partial charge on any atom is -0.393 e. The maximum atomic E-state index is 17.3. The van der Waals surface area contributed by atoms with Crippen LogP contribution >= 0.6 is 0 Å². The lowest BCUT2D eigenvalue weighted by atomic mass is 9.44. The quantitative estimate of drug-likeness (QED) is 0.269. The summed E-state index contributed by atoms with van der Waals surface area (Å²) < 4.78 is 30.2. The predicted molar refractivity (Wildman–Crippen MR) is 210 cm³/mol. The molecule has 316 valence electrons. The summed E-state index contributed by atoms with van der Waals surface area (Å²) in [6.45, 7) is 13.1. The van der Waals surface area contributed by atoms with Crippen LogP contribution in [0, 0.1) is 63.1 Å². The van der Waals surface area contributed by atoms with Crippen molar-refractivity contribution in [3.05, 3.63) is 23.8 Å². The van der Waals surface area contributed by atoms with Gasteiger partial charge in [0.2, 0.25) is 0 Å². The number of hydrogen-bond donors (Lipinski definition) is 3. The van der Waals surface area contributed by atoms with E-state index >= 15 is 4.39 Å². The Morgan fingerprint density at radius 2 is 1.63 bits per heavy atom. The summed E-state index contributed by atoms with van der Waals surface area (Å²) in [6, 6.07) is 0. The van der Waals surface area contributed by atoms with Crippen LogP contribution in [0.4, 0.5) is 4.39 Å². The van der Waals surface area contributed by atoms with E-state index in [0.717, 1.165) is 50.5 Å². The number of allylic oxidation sites excluding steroid dienone is 4. The summed E-state index contributed by atoms with van der Waals surface area (Å²) in [6.07, 6.45) is 12.7. The summed E-state index contributed by atoms with van der Waals surface area (Å²) in [5.74, 6) is 0.135. The molecule has 8 fully saturated rings. The van der Waals surface area contributed by atoms with Gasteiger partial charge in [-0.1, -0.05) is 46.3 Å². The van der Waals surface area contributed by atoms with Crippen molar-refractivity contribution in [1.82, 2.24) is 0 Å². The van der Waals surface area contributed by atoms with Crippen molar-refractivity contribution in [2.75, 3.05) is 6.61 Å². The van der Waals surface area contributed by atoms with E-state index in [1.54, 1.807) is 19.9 Å². The second kappa shape index (κ2) is 13.7. The number of ether oxygens (including phenoxy) is 2. The van der Waals surface area contributed by atoms with Gasteiger partial charge < -0.3 is 24.8 Å². The Hall–Kier alpha value is -2.11. The third kappa shape index (κ3) is 5.40. The second-order valence-corrected chi connectivity index (χ2v) is 21.0. The number of Topliss-reactive ketones (excluding diaryl/α,β-unsaturated/α-hetero) is 3. The first-order valence-corrected chi connectivity index (χ1v) is 22.3. The summed E-state index contributed by atoms with van der Waals surface area (Å²) in [4.78, 5) is 50.9. The molecule has 0 bridgehead atoms. The van der Waals surface area contributed by atoms with E-state index < -0.39 is 58.4 Å². The average Bonchev–Trinajstić information content (AvgIpc) is 3.77. The van der Waals surface area contributed by atoms with Gasteiger partial charge in [-0.05, 0) is 144 Å². The fraction of sp³-hybridized carbons (Fsp3) is 0.830. The summed E-state index contributed by atoms with van der Waals surface area (Å²) in [5.41, 5.74) is -4.68. The second-order valence-electron chi connectivity index (χ2n) is 21.0. The molecule has 57 heavy (non-hydrogen) atoms. The highest BCUT2D eigenvalue weighted by Gasteiger charge is 2.80. The van der Waals surface area contributed by atoms with E-state index in [-0.39, 0.29) is 52.7 Å². The van der Waals surface area contributed by atoms with Gasteiger partial charge in [0, 0.05) is 35.0 Å². The molecule has 0 aromatic heterocycles. The van der Waals surface area contributed by atoms with Crippen LogP contribution in [0.3, 0.4) is 0 Å². The molecule has 0 aromatic carbocycles. The van der Waals surface area contributed by atoms with Crippen molar-refractivity contribution in [3.8, 4) is 0 Å². The zero-order valence-electron chi connectivity index (χ0n) is 35.3. The third-order valence-corrected chi connectivity index (χ3v) is 19.0. The third-order valence-electron chi connectivity index (χ3n) is 19.0. The van der Waals surface area contributed by atoms with Crippen LogP contribution < -0.4 is 0 Å². The summed E-state index contributed by atoms with van der Waals surface area (Å²) in [5, 5.41) is 31.5. The predicted octanol–water partition coefficient (Wildman–Crippen LogP) is 6.97. The van der Waals surface area contributed by atoms with E-state index in [1.807, 2.05) is 20.8 Å². The van der Waals surface area contributed by atoms with Gasteiger partial charge in [-0.2, -0.15) is 0 Å². The number of alkyl halides is 1. The number of rotatable bonds is 5. The van der Waals surface area contributed by atoms with Gasteiger partial charge in [0.15, 0.2) is 28.6 Å². The molecule has 10 heteroatoms. The monoisotopic (exact) mass is 794 g/mol. The Bertz CT molecular complexity index is 1770. The highest BCUT2D eigenvalue weighted by Crippen LogP contribution is 2.73. The Labute approximate surface area is 338 Å². The maximum absolute atomic E-state index is 17.3. The standard InChI is InChI=1S/C26H35FO6.C21H32O3/c1-5-24(6-2)32-21-12-18-17-8-7-15-11-16(29)9-10-22(15,3)25(17,27)19(30)13-23(18,4)26(21,33-24)20(31)14-28;1-12(22)16-6-7-17-15-5-4-13-10-14(23)8-9-20(13,2)19(15)18(24)11-21(16,17)3/h9-11,17-19,21,28,30H,5-8,12-14H2,1-4H3;13-17,19,23H,4-11H2,1-3H3/t17-,18-,19-,21+,22-,23-,25-,26+;13-,14+,15-,16+,17-,19+,20-,21+/m00/s1. The Balaban J connectivity index is 0.000000168. The molecule has 7 saturated carbocycles. The Morgan fingerprint density at radius 3 is 2.30 bits per heavy atom. The Morgan fingerprint density at radius 1 is 0.912 bits per heavy atom. The highest BCUT2D eigenvalue weighted by molar-refractivity contribution is 6.01. The fourth-order valence-corrected chi connectivity index (χ4v) is 16.0. The molecule has 3 N–H and O–H groups in total. The number of ketones is 4. The van der Waals surface area contributed by atoms with Crippen molar-refractivity contribution in [2.24, 2.45) is 63.1 Å². The first-order chi connectivity index (χ1) is 26.7. The van der Waals surface area contributed by atoms with Crippen molar-refractivity contribution in [1.29, 1.82) is 0 Å². The van der Waals surface area contributed by atoms with Crippen LogP contribution in [0.2, 0.25) is 0 Å². The van der Waals surface area contributed by atoms with Crippen molar-refractivity contribution < 1.29 is 48.4 Å². The van der Waals surface area contributed by atoms with E-state index in [1.165, 1.54) is 12.2 Å². The van der Waals surface area contributed by atoms with E-state index in [9.17, 15) is 34.5 Å². The van der Waals surface area contributed by atoms with Gasteiger partial charge in [-0.3, -0.25) is 19.2 Å². The first-order valence-electron chi connectivity index (χ1n) is 22.3. The fourth-order valence-electron chi connectivity index (χ4n) is 16.0. The molecule has 0 radical (unpaired) electrons. The molecule has 0 spiro atoms. The first kappa shape index (κ1) is 41.6. The molecule has 9 nitrogen and oxygen atoms in total. The van der Waals surface area contributed by atoms with Crippen molar-refractivity contribution in [2.45, 2.75) is 174 Å². The zero-order chi connectivity index (χ0) is 41.3. The summed E-state index contributed by atoms with van der Waals surface area (Å²) >= 11 is 0. The summed E-state index contributed by atoms with van der Waals surface area (Å²) in [7, 11) is 0. The molecule has 8 aliphatic carbocycles. The van der Waals surface area contributed by atoms with Crippen LogP contribution in [0.15, 0.2) is 23.8 Å². The minimum absolute atomic E-state index is 0.0183. The number of carbonyl (C=O) groups excluding carboxylic acids is 4. The topological polar surface area (TPSA) is 147 Å². The van der Waals surface area contributed by atoms with Gasteiger partial charge in [0.05, 0.1) is 18.3 Å². The normalized spacial score (nSPS) is 51.5. The highest BCUT2D eigenvalue weighted by atomic mass is 19.1. The minimum atomic E-state index is -1.98. The van der Waals surface area contributed by atoms with Crippen LogP contribution in [0.5, 0.6) is 0 Å². The Kier molecular flexibility index (Phi) is 10.0. The number of halogens is 1. The van der Waals surface area contributed by atoms with Crippen LogP contribution in [-0.2, 0) is 28.7 Å². The van der Waals surface area contributed by atoms with Gasteiger partial charge in [-0.15, -0.1) is 0 Å². The van der Waals surface area contributed by atoms with Gasteiger partial charge in [0.1, 0.15) is 18.2 Å². The molecule has 16 atom stereocenters. The average molecular weight is 795 g/mol. The zero-order valence-corrected chi connectivity index (χ0v) is 35.3. The molecule has 1 saturated heterocycles. The number of fused-ring (bicyclic) bond motifs is 12. The molecule has 0 unspecified atom stereocenters. The van der Waals surface area contributed by atoms with Crippen LogP contribution in [0.25, 0.3) is 0 Å². The van der Waals surface area contributed by atoms with Crippen LogP contribution in [0.1, 0.15) is 138 Å². The molecule has 0 aromatic rings. The van der Waals surface area contributed by atoms with E-state index in [0.29, 0.717) is 62.1 Å². The van der Waals surface area contributed by atoms with Crippen molar-refractivity contribution >= 4 is 23.1 Å². The molecule has 1 heterocycles. The van der Waals surface area contributed by atoms with E-state index in [2.05, 4.69) is 13.8 Å². The maximum Gasteiger partial charge on any atom is 0.193 e. The van der Waals surface area contributed by atoms with Gasteiger partial charge in [-0.25, -0.2) is 4.39 Å². The molecule has 9 aliphatic rings. The smallest absolute Gasteiger partial charge is 0.193 e. The van der Waals surface area contributed by atoms with E-state index in [4.69, 9.17) is 9.47 Å².